The molecule has 1 N–H and O–H groups in total. The molecule has 1 aliphatic heterocycles. The minimum Gasteiger partial charge on any atom is -0.383 e. The summed E-state index contributed by atoms with van der Waals surface area (Å²) in [4.78, 5) is 0. The molecule has 1 aliphatic carbocycles. The van der Waals surface area contributed by atoms with Crippen molar-refractivity contribution in [3.63, 3.8) is 0 Å². The van der Waals surface area contributed by atoms with E-state index < -0.39 is 0 Å². The Labute approximate surface area is 98.9 Å². The zero-order valence-corrected chi connectivity index (χ0v) is 10.6. The van der Waals surface area contributed by atoms with Crippen molar-refractivity contribution in [1.29, 1.82) is 0 Å². The molecule has 0 aromatic rings. The molecule has 2 aliphatic rings. The van der Waals surface area contributed by atoms with E-state index in [9.17, 15) is 0 Å². The van der Waals surface area contributed by atoms with Crippen molar-refractivity contribution in [3.8, 4) is 0 Å². The van der Waals surface area contributed by atoms with Crippen LogP contribution in [0, 0.1) is 11.8 Å². The van der Waals surface area contributed by atoms with Gasteiger partial charge in [-0.15, -0.1) is 0 Å². The zero-order chi connectivity index (χ0) is 11.4. The normalized spacial score (nSPS) is 31.9. The fraction of sp³-hybridized carbons (Fsp3) is 1.00. The van der Waals surface area contributed by atoms with E-state index in [-0.39, 0.29) is 0 Å². The second-order valence-electron chi connectivity index (χ2n) is 5.17. The Bertz CT molecular complexity index is 204. The van der Waals surface area contributed by atoms with E-state index in [0.29, 0.717) is 18.1 Å². The monoisotopic (exact) mass is 227 g/mol. The molecular weight excluding hydrogens is 202 g/mol. The second-order valence-corrected chi connectivity index (χ2v) is 5.17. The molecule has 1 heterocycles. The molecule has 0 aromatic carbocycles. The minimum absolute atomic E-state index is 0.481. The summed E-state index contributed by atoms with van der Waals surface area (Å²) in [6, 6.07) is 0.572. The van der Waals surface area contributed by atoms with Gasteiger partial charge in [-0.25, -0.2) is 0 Å². The van der Waals surface area contributed by atoms with Crippen LogP contribution in [0.2, 0.25) is 0 Å². The Hall–Kier alpha value is -0.120. The number of ether oxygens (including phenoxy) is 2. The van der Waals surface area contributed by atoms with Crippen molar-refractivity contribution < 1.29 is 9.47 Å². The fourth-order valence-corrected chi connectivity index (χ4v) is 2.72. The Morgan fingerprint density at radius 3 is 2.81 bits per heavy atom. The quantitative estimate of drug-likeness (QED) is 0.719. The van der Waals surface area contributed by atoms with Gasteiger partial charge in [-0.1, -0.05) is 6.92 Å². The third-order valence-electron chi connectivity index (χ3n) is 3.93. The lowest BCUT2D eigenvalue weighted by Crippen LogP contribution is -2.39. The maximum atomic E-state index is 5.71. The molecule has 0 bridgehead atoms. The zero-order valence-electron chi connectivity index (χ0n) is 10.6. The third kappa shape index (κ3) is 3.19. The van der Waals surface area contributed by atoms with Crippen LogP contribution >= 0.6 is 0 Å². The van der Waals surface area contributed by atoms with Crippen molar-refractivity contribution >= 4 is 0 Å². The van der Waals surface area contributed by atoms with Crippen LogP contribution in [0.25, 0.3) is 0 Å². The molecule has 1 saturated carbocycles. The highest BCUT2D eigenvalue weighted by molar-refractivity contribution is 4.88. The molecule has 1 saturated heterocycles. The molecule has 0 aromatic heterocycles. The van der Waals surface area contributed by atoms with Crippen LogP contribution in [0.15, 0.2) is 0 Å². The molecule has 0 spiro atoms. The molecule has 0 amide bonds. The van der Waals surface area contributed by atoms with Crippen LogP contribution in [0.5, 0.6) is 0 Å². The lowest BCUT2D eigenvalue weighted by Gasteiger charge is -2.22. The molecule has 94 valence electrons. The molecular formula is C13H25NO2. The van der Waals surface area contributed by atoms with Gasteiger partial charge in [0.2, 0.25) is 0 Å². The second kappa shape index (κ2) is 5.99. The highest BCUT2D eigenvalue weighted by Crippen LogP contribution is 2.33. The van der Waals surface area contributed by atoms with Crippen molar-refractivity contribution in [2.24, 2.45) is 11.8 Å². The van der Waals surface area contributed by atoms with Crippen molar-refractivity contribution in [2.75, 3.05) is 26.9 Å². The van der Waals surface area contributed by atoms with Crippen LogP contribution in [-0.2, 0) is 9.47 Å². The standard InChI is InChI=1S/C13H25NO2/c1-3-13-11(6-7-16-13)8-14-12(9-15-2)10-4-5-10/h10-14H,3-9H2,1-2H3. The smallest absolute Gasteiger partial charge is 0.0618 e. The van der Waals surface area contributed by atoms with Gasteiger partial charge in [0.25, 0.3) is 0 Å². The van der Waals surface area contributed by atoms with Crippen LogP contribution in [0.4, 0.5) is 0 Å². The summed E-state index contributed by atoms with van der Waals surface area (Å²) in [6.45, 7) is 5.12. The van der Waals surface area contributed by atoms with E-state index in [2.05, 4.69) is 12.2 Å². The summed E-state index contributed by atoms with van der Waals surface area (Å²) in [5.41, 5.74) is 0. The number of nitrogens with one attached hydrogen (secondary N) is 1. The molecule has 3 nitrogen and oxygen atoms in total. The number of methoxy groups -OCH3 is 1. The molecule has 2 rings (SSSR count). The fourth-order valence-electron chi connectivity index (χ4n) is 2.72. The predicted octanol–water partition coefficient (Wildman–Crippen LogP) is 1.82. The van der Waals surface area contributed by atoms with E-state index >= 15 is 0 Å². The molecule has 3 heteroatoms. The third-order valence-corrected chi connectivity index (χ3v) is 3.93. The molecule has 3 unspecified atom stereocenters. The number of rotatable bonds is 7. The molecule has 2 fully saturated rings. The van der Waals surface area contributed by atoms with Crippen LogP contribution in [-0.4, -0.2) is 39.0 Å². The largest absolute Gasteiger partial charge is 0.383 e. The summed E-state index contributed by atoms with van der Waals surface area (Å²) in [5, 5.41) is 3.68. The molecule has 16 heavy (non-hydrogen) atoms. The Kier molecular flexibility index (Phi) is 4.62. The first kappa shape index (κ1) is 12.3. The van der Waals surface area contributed by atoms with Gasteiger partial charge in [-0.2, -0.15) is 0 Å². The first-order chi connectivity index (χ1) is 7.85. The summed E-state index contributed by atoms with van der Waals surface area (Å²) < 4.78 is 11.0. The number of hydrogen-bond donors (Lipinski definition) is 1. The van der Waals surface area contributed by atoms with E-state index in [1.165, 1.54) is 19.3 Å². The van der Waals surface area contributed by atoms with E-state index in [1.807, 2.05) is 0 Å². The topological polar surface area (TPSA) is 30.5 Å². The lowest BCUT2D eigenvalue weighted by atomic mass is 9.99. The van der Waals surface area contributed by atoms with Crippen LogP contribution in [0.1, 0.15) is 32.6 Å². The van der Waals surface area contributed by atoms with Gasteiger partial charge in [-0.05, 0) is 37.5 Å². The van der Waals surface area contributed by atoms with E-state index in [0.717, 1.165) is 32.1 Å². The Morgan fingerprint density at radius 2 is 2.19 bits per heavy atom. The average molecular weight is 227 g/mol. The maximum Gasteiger partial charge on any atom is 0.0618 e. The Balaban J connectivity index is 1.71. The van der Waals surface area contributed by atoms with Gasteiger partial charge in [0.15, 0.2) is 0 Å². The van der Waals surface area contributed by atoms with E-state index in [4.69, 9.17) is 9.47 Å². The van der Waals surface area contributed by atoms with Gasteiger partial charge in [0.1, 0.15) is 0 Å². The summed E-state index contributed by atoms with van der Waals surface area (Å²) in [6.07, 6.45) is 5.59. The van der Waals surface area contributed by atoms with Gasteiger partial charge >= 0.3 is 0 Å². The molecule has 3 atom stereocenters. The van der Waals surface area contributed by atoms with Gasteiger partial charge < -0.3 is 14.8 Å². The van der Waals surface area contributed by atoms with Crippen molar-refractivity contribution in [2.45, 2.75) is 44.8 Å². The van der Waals surface area contributed by atoms with Crippen LogP contribution < -0.4 is 5.32 Å². The predicted molar refractivity (Wildman–Crippen MR) is 64.5 cm³/mol. The Morgan fingerprint density at radius 1 is 1.38 bits per heavy atom. The molecule has 0 radical (unpaired) electrons. The number of hydrogen-bond acceptors (Lipinski definition) is 3. The lowest BCUT2D eigenvalue weighted by molar-refractivity contribution is 0.0842. The minimum atomic E-state index is 0.481. The summed E-state index contributed by atoms with van der Waals surface area (Å²) in [7, 11) is 1.80. The average Bonchev–Trinajstić information content (AvgIpc) is 3.03. The van der Waals surface area contributed by atoms with E-state index in [1.54, 1.807) is 7.11 Å². The first-order valence-electron chi connectivity index (χ1n) is 6.69. The van der Waals surface area contributed by atoms with Crippen molar-refractivity contribution in [3.05, 3.63) is 0 Å². The van der Waals surface area contributed by atoms with Gasteiger partial charge in [0.05, 0.1) is 12.7 Å². The SMILES string of the molecule is CCC1OCCC1CNC(COC)C1CC1. The maximum absolute atomic E-state index is 5.71. The summed E-state index contributed by atoms with van der Waals surface area (Å²) >= 11 is 0. The first-order valence-corrected chi connectivity index (χ1v) is 6.69. The van der Waals surface area contributed by atoms with Gasteiger partial charge in [-0.3, -0.25) is 0 Å². The van der Waals surface area contributed by atoms with Crippen molar-refractivity contribution in [1.82, 2.24) is 5.32 Å². The summed E-state index contributed by atoms with van der Waals surface area (Å²) in [5.74, 6) is 1.57. The van der Waals surface area contributed by atoms with Gasteiger partial charge in [0, 0.05) is 26.3 Å². The highest BCUT2D eigenvalue weighted by atomic mass is 16.5. The van der Waals surface area contributed by atoms with Crippen LogP contribution in [0.3, 0.4) is 0 Å². The highest BCUT2D eigenvalue weighted by Gasteiger charge is 2.33.